The Morgan fingerprint density at radius 2 is 2.25 bits per heavy atom. The second-order valence-corrected chi connectivity index (χ2v) is 3.52. The van der Waals surface area contributed by atoms with Crippen LogP contribution >= 0.6 is 11.6 Å². The number of nitrogens with zero attached hydrogens (tertiary/aromatic N) is 2. The van der Waals surface area contributed by atoms with E-state index in [1.165, 1.54) is 7.11 Å². The van der Waals surface area contributed by atoms with Crippen molar-refractivity contribution in [1.82, 2.24) is 9.78 Å². The van der Waals surface area contributed by atoms with Gasteiger partial charge in [0.25, 0.3) is 0 Å². The van der Waals surface area contributed by atoms with Crippen LogP contribution in [0.5, 0.6) is 0 Å². The first kappa shape index (κ1) is 13.3. The second kappa shape index (κ2) is 5.03. The molecule has 0 saturated carbocycles. The van der Waals surface area contributed by atoms with Crippen LogP contribution in [-0.2, 0) is 11.3 Å². The molecule has 2 N–H and O–H groups in total. The van der Waals surface area contributed by atoms with Gasteiger partial charge in [0.1, 0.15) is 6.04 Å². The number of nitrogens with two attached hydrogens (primary N) is 1. The van der Waals surface area contributed by atoms with Crippen molar-refractivity contribution in [2.24, 2.45) is 5.73 Å². The number of alkyl halides is 3. The van der Waals surface area contributed by atoms with Crippen LogP contribution in [-0.4, -0.2) is 29.7 Å². The van der Waals surface area contributed by atoms with Crippen molar-refractivity contribution in [3.8, 4) is 0 Å². The fourth-order valence-corrected chi connectivity index (χ4v) is 1.45. The average Bonchev–Trinajstić information content (AvgIpc) is 2.54. The van der Waals surface area contributed by atoms with Gasteiger partial charge in [-0.2, -0.15) is 18.3 Å². The van der Waals surface area contributed by atoms with Gasteiger partial charge in [-0.1, -0.05) is 11.6 Å². The fraction of sp³-hybridized carbons (Fsp3) is 0.625. The highest BCUT2D eigenvalue weighted by molar-refractivity contribution is 6.31. The van der Waals surface area contributed by atoms with Crippen LogP contribution in [0.25, 0.3) is 0 Å². The molecule has 0 aliphatic heterocycles. The fourth-order valence-electron chi connectivity index (χ4n) is 1.19. The molecule has 0 radical (unpaired) electrons. The smallest absolute Gasteiger partial charge is 0.383 e. The van der Waals surface area contributed by atoms with Crippen molar-refractivity contribution in [3.05, 3.63) is 16.9 Å². The van der Waals surface area contributed by atoms with Gasteiger partial charge >= 0.3 is 6.18 Å². The van der Waals surface area contributed by atoms with Gasteiger partial charge in [0, 0.05) is 7.11 Å². The van der Waals surface area contributed by atoms with Crippen LogP contribution in [0.15, 0.2) is 6.20 Å². The summed E-state index contributed by atoms with van der Waals surface area (Å²) in [6.45, 7) is 0.401. The minimum atomic E-state index is -4.55. The van der Waals surface area contributed by atoms with E-state index in [2.05, 4.69) is 5.10 Å². The van der Waals surface area contributed by atoms with E-state index < -0.39 is 12.2 Å². The van der Waals surface area contributed by atoms with Gasteiger partial charge in [-0.15, -0.1) is 0 Å². The number of ether oxygens (including phenoxy) is 1. The molecule has 0 saturated heterocycles. The molecule has 0 aliphatic rings. The monoisotopic (exact) mass is 257 g/mol. The van der Waals surface area contributed by atoms with Gasteiger partial charge in [-0.25, -0.2) is 0 Å². The summed E-state index contributed by atoms with van der Waals surface area (Å²) in [4.78, 5) is 0. The van der Waals surface area contributed by atoms with E-state index in [1.54, 1.807) is 0 Å². The SMILES string of the molecule is COCCn1ncc(Cl)c1C(N)C(F)(F)F. The first-order valence-corrected chi connectivity index (χ1v) is 4.78. The highest BCUT2D eigenvalue weighted by atomic mass is 35.5. The summed E-state index contributed by atoms with van der Waals surface area (Å²) in [5, 5.41) is 3.62. The van der Waals surface area contributed by atoms with E-state index in [0.29, 0.717) is 0 Å². The van der Waals surface area contributed by atoms with E-state index in [-0.39, 0.29) is 23.9 Å². The molecule has 1 rings (SSSR count). The lowest BCUT2D eigenvalue weighted by molar-refractivity contribution is -0.150. The van der Waals surface area contributed by atoms with Crippen molar-refractivity contribution >= 4 is 11.6 Å². The summed E-state index contributed by atoms with van der Waals surface area (Å²) < 4.78 is 43.2. The van der Waals surface area contributed by atoms with Gasteiger partial charge < -0.3 is 10.5 Å². The van der Waals surface area contributed by atoms with E-state index in [4.69, 9.17) is 22.1 Å². The van der Waals surface area contributed by atoms with E-state index in [1.807, 2.05) is 0 Å². The summed E-state index contributed by atoms with van der Waals surface area (Å²) >= 11 is 5.62. The van der Waals surface area contributed by atoms with E-state index >= 15 is 0 Å². The molecule has 92 valence electrons. The Morgan fingerprint density at radius 1 is 1.62 bits per heavy atom. The topological polar surface area (TPSA) is 53.1 Å². The maximum atomic E-state index is 12.4. The lowest BCUT2D eigenvalue weighted by atomic mass is 10.2. The van der Waals surface area contributed by atoms with Crippen LogP contribution in [0.1, 0.15) is 11.7 Å². The standard InChI is InChI=1S/C8H11ClF3N3O/c1-16-3-2-15-6(5(9)4-14-15)7(13)8(10,11)12/h4,7H,2-3,13H2,1H3. The number of hydrogen-bond donors (Lipinski definition) is 1. The predicted molar refractivity (Wildman–Crippen MR) is 52.1 cm³/mol. The lowest BCUT2D eigenvalue weighted by Gasteiger charge is -2.17. The van der Waals surface area contributed by atoms with Crippen LogP contribution in [0.4, 0.5) is 13.2 Å². The lowest BCUT2D eigenvalue weighted by Crippen LogP contribution is -2.31. The van der Waals surface area contributed by atoms with E-state index in [9.17, 15) is 13.2 Å². The molecule has 8 heteroatoms. The molecule has 0 fully saturated rings. The quantitative estimate of drug-likeness (QED) is 0.894. The van der Waals surface area contributed by atoms with Gasteiger partial charge in [-0.05, 0) is 0 Å². The summed E-state index contributed by atoms with van der Waals surface area (Å²) in [7, 11) is 1.44. The van der Waals surface area contributed by atoms with Crippen LogP contribution in [0, 0.1) is 0 Å². The second-order valence-electron chi connectivity index (χ2n) is 3.11. The molecule has 0 aromatic carbocycles. The molecule has 0 spiro atoms. The Labute approximate surface area is 95.1 Å². The molecule has 1 unspecified atom stereocenters. The largest absolute Gasteiger partial charge is 0.409 e. The Morgan fingerprint density at radius 3 is 2.75 bits per heavy atom. The summed E-state index contributed by atoms with van der Waals surface area (Å²) in [6.07, 6.45) is -3.41. The normalized spacial score (nSPS) is 14.1. The number of hydrogen-bond acceptors (Lipinski definition) is 3. The van der Waals surface area contributed by atoms with Crippen molar-refractivity contribution in [2.75, 3.05) is 13.7 Å². The Hall–Kier alpha value is -0.790. The zero-order valence-corrected chi connectivity index (χ0v) is 9.22. The molecule has 0 bridgehead atoms. The molecule has 16 heavy (non-hydrogen) atoms. The van der Waals surface area contributed by atoms with Crippen LogP contribution in [0.2, 0.25) is 5.02 Å². The van der Waals surface area contributed by atoms with Crippen molar-refractivity contribution in [2.45, 2.75) is 18.8 Å². The van der Waals surface area contributed by atoms with Gasteiger partial charge in [-0.3, -0.25) is 4.68 Å². The number of rotatable bonds is 4. The molecule has 4 nitrogen and oxygen atoms in total. The molecular formula is C8H11ClF3N3O. The third-order valence-corrected chi connectivity index (χ3v) is 2.28. The van der Waals surface area contributed by atoms with Crippen molar-refractivity contribution in [1.29, 1.82) is 0 Å². The zero-order chi connectivity index (χ0) is 12.3. The number of halogens is 4. The maximum Gasteiger partial charge on any atom is 0.409 e. The van der Waals surface area contributed by atoms with Crippen molar-refractivity contribution < 1.29 is 17.9 Å². The predicted octanol–water partition coefficient (Wildman–Crippen LogP) is 1.74. The van der Waals surface area contributed by atoms with Crippen LogP contribution < -0.4 is 5.73 Å². The minimum absolute atomic E-state index is 0.0964. The molecule has 1 aromatic heterocycles. The summed E-state index contributed by atoms with van der Waals surface area (Å²) in [6, 6.07) is -2.14. The molecule has 1 aromatic rings. The summed E-state index contributed by atoms with van der Waals surface area (Å²) in [5.74, 6) is 0. The van der Waals surface area contributed by atoms with E-state index in [0.717, 1.165) is 10.9 Å². The third-order valence-electron chi connectivity index (χ3n) is 1.99. The molecule has 0 amide bonds. The maximum absolute atomic E-state index is 12.4. The Bertz CT molecular complexity index is 353. The Kier molecular flexibility index (Phi) is 4.17. The average molecular weight is 258 g/mol. The van der Waals surface area contributed by atoms with Crippen molar-refractivity contribution in [3.63, 3.8) is 0 Å². The van der Waals surface area contributed by atoms with Gasteiger partial charge in [0.2, 0.25) is 0 Å². The van der Waals surface area contributed by atoms with Gasteiger partial charge in [0.05, 0.1) is 30.1 Å². The Balaban J connectivity index is 2.97. The van der Waals surface area contributed by atoms with Gasteiger partial charge in [0.15, 0.2) is 0 Å². The molecule has 0 aliphatic carbocycles. The zero-order valence-electron chi connectivity index (χ0n) is 8.46. The summed E-state index contributed by atoms with van der Waals surface area (Å²) in [5.41, 5.74) is 4.83. The molecular weight excluding hydrogens is 247 g/mol. The first-order valence-electron chi connectivity index (χ1n) is 4.40. The minimum Gasteiger partial charge on any atom is -0.383 e. The number of methoxy groups -OCH3 is 1. The van der Waals surface area contributed by atoms with Crippen LogP contribution in [0.3, 0.4) is 0 Å². The molecule has 1 atom stereocenters. The highest BCUT2D eigenvalue weighted by Gasteiger charge is 2.41. The molecule has 1 heterocycles. The number of aromatic nitrogens is 2. The highest BCUT2D eigenvalue weighted by Crippen LogP contribution is 2.33. The third kappa shape index (κ3) is 2.87. The first-order chi connectivity index (χ1) is 7.38.